The van der Waals surface area contributed by atoms with E-state index in [1.165, 1.54) is 25.7 Å². The number of carbonyl (C=O) groups is 2. The Bertz CT molecular complexity index is 764. The number of carbonyl (C=O) groups excluding carboxylic acids is 2. The molecule has 5 heteroatoms. The largest absolute Gasteiger partial charge is 0.349 e. The van der Waals surface area contributed by atoms with E-state index in [0.717, 1.165) is 22.9 Å². The van der Waals surface area contributed by atoms with Gasteiger partial charge in [-0.1, -0.05) is 53.7 Å². The Kier molecular flexibility index (Phi) is 7.04. The number of benzene rings is 2. The second-order valence-electron chi connectivity index (χ2n) is 7.05. The van der Waals surface area contributed by atoms with Crippen molar-refractivity contribution < 1.29 is 9.59 Å². The highest BCUT2D eigenvalue weighted by molar-refractivity contribution is 9.10. The lowest BCUT2D eigenvalue weighted by molar-refractivity contribution is 0.0929. The van der Waals surface area contributed by atoms with Crippen molar-refractivity contribution >= 4 is 27.7 Å². The highest BCUT2D eigenvalue weighted by Crippen LogP contribution is 2.18. The summed E-state index contributed by atoms with van der Waals surface area (Å²) in [5.74, 6) is -0.120. The molecule has 0 saturated heterocycles. The van der Waals surface area contributed by atoms with Crippen molar-refractivity contribution in [1.82, 2.24) is 10.6 Å². The Balaban J connectivity index is 1.51. The van der Waals surface area contributed by atoms with Crippen LogP contribution in [0, 0.1) is 0 Å². The molecule has 27 heavy (non-hydrogen) atoms. The summed E-state index contributed by atoms with van der Waals surface area (Å²) in [5.41, 5.74) is 2.26. The molecule has 0 unspecified atom stereocenters. The van der Waals surface area contributed by atoms with E-state index in [1.54, 1.807) is 12.1 Å². The molecule has 0 heterocycles. The quantitative estimate of drug-likeness (QED) is 0.669. The molecular weight excluding hydrogens is 404 g/mol. The summed E-state index contributed by atoms with van der Waals surface area (Å²) in [6.07, 6.45) is 7.09. The van der Waals surface area contributed by atoms with Crippen LogP contribution in [0.4, 0.5) is 0 Å². The average molecular weight is 429 g/mol. The first-order valence-electron chi connectivity index (χ1n) is 9.55. The maximum absolute atomic E-state index is 12.4. The molecule has 0 aromatic heterocycles. The molecule has 0 bridgehead atoms. The predicted octanol–water partition coefficient (Wildman–Crippen LogP) is 4.83. The maximum atomic E-state index is 12.4. The first kappa shape index (κ1) is 19.6. The lowest BCUT2D eigenvalue weighted by Crippen LogP contribution is -2.34. The number of nitrogens with one attached hydrogen (secondary N) is 2. The zero-order valence-corrected chi connectivity index (χ0v) is 16.9. The summed E-state index contributed by atoms with van der Waals surface area (Å²) in [7, 11) is 0. The van der Waals surface area contributed by atoms with Crippen LogP contribution >= 0.6 is 15.9 Å². The molecule has 2 aromatic carbocycles. The normalized spacial score (nSPS) is 15.0. The van der Waals surface area contributed by atoms with Crippen LogP contribution in [0.3, 0.4) is 0 Å². The topological polar surface area (TPSA) is 58.2 Å². The molecule has 2 aromatic rings. The van der Waals surface area contributed by atoms with Gasteiger partial charge in [0.15, 0.2) is 0 Å². The predicted molar refractivity (Wildman–Crippen MR) is 111 cm³/mol. The third kappa shape index (κ3) is 5.93. The van der Waals surface area contributed by atoms with Gasteiger partial charge in [0.25, 0.3) is 11.8 Å². The minimum atomic E-state index is -0.113. The molecule has 142 valence electrons. The van der Waals surface area contributed by atoms with Crippen molar-refractivity contribution in [2.45, 2.75) is 51.1 Å². The molecule has 0 radical (unpaired) electrons. The minimum Gasteiger partial charge on any atom is -0.349 e. The Morgan fingerprint density at radius 2 is 1.37 bits per heavy atom. The van der Waals surface area contributed by atoms with Gasteiger partial charge in [0, 0.05) is 28.2 Å². The second-order valence-corrected chi connectivity index (χ2v) is 7.96. The first-order chi connectivity index (χ1) is 13.1. The molecule has 0 atom stereocenters. The van der Waals surface area contributed by atoms with Gasteiger partial charge in [-0.15, -0.1) is 0 Å². The van der Waals surface area contributed by atoms with Crippen molar-refractivity contribution in [3.05, 3.63) is 69.7 Å². The van der Waals surface area contributed by atoms with Crippen LogP contribution in [0.1, 0.15) is 64.8 Å². The fourth-order valence-corrected chi connectivity index (χ4v) is 3.62. The molecule has 1 aliphatic rings. The van der Waals surface area contributed by atoms with Gasteiger partial charge in [0.1, 0.15) is 0 Å². The van der Waals surface area contributed by atoms with Crippen molar-refractivity contribution in [1.29, 1.82) is 0 Å². The van der Waals surface area contributed by atoms with Crippen LogP contribution in [0.5, 0.6) is 0 Å². The highest BCUT2D eigenvalue weighted by Gasteiger charge is 2.15. The van der Waals surface area contributed by atoms with Crippen LogP contribution < -0.4 is 10.6 Å². The molecule has 1 aliphatic carbocycles. The van der Waals surface area contributed by atoms with Gasteiger partial charge in [-0.3, -0.25) is 9.59 Å². The number of halogens is 1. The van der Waals surface area contributed by atoms with Crippen LogP contribution in [0.15, 0.2) is 53.0 Å². The average Bonchev–Trinajstić information content (AvgIpc) is 2.95. The second kappa shape index (κ2) is 9.70. The summed E-state index contributed by atoms with van der Waals surface area (Å²) >= 11 is 3.36. The first-order valence-corrected chi connectivity index (χ1v) is 10.3. The van der Waals surface area contributed by atoms with Gasteiger partial charge in [-0.2, -0.15) is 0 Å². The van der Waals surface area contributed by atoms with Crippen LogP contribution in [-0.2, 0) is 6.54 Å². The third-order valence-electron chi connectivity index (χ3n) is 4.97. The van der Waals surface area contributed by atoms with E-state index in [9.17, 15) is 9.59 Å². The lowest BCUT2D eigenvalue weighted by atomic mass is 10.1. The van der Waals surface area contributed by atoms with Gasteiger partial charge in [0.2, 0.25) is 0 Å². The SMILES string of the molecule is O=C(NCc1ccc(C(=O)NC2CCCCCC2)cc1)c1ccc(Br)cc1. The molecule has 3 rings (SSSR count). The van der Waals surface area contributed by atoms with Gasteiger partial charge in [-0.25, -0.2) is 0 Å². The summed E-state index contributed by atoms with van der Waals surface area (Å²) in [4.78, 5) is 24.6. The van der Waals surface area contributed by atoms with Crippen molar-refractivity contribution in [2.75, 3.05) is 0 Å². The smallest absolute Gasteiger partial charge is 0.251 e. The molecule has 0 spiro atoms. The van der Waals surface area contributed by atoms with E-state index < -0.39 is 0 Å². The molecule has 0 aliphatic heterocycles. The zero-order chi connectivity index (χ0) is 19.1. The van der Waals surface area contributed by atoms with Crippen molar-refractivity contribution in [2.24, 2.45) is 0 Å². The van der Waals surface area contributed by atoms with Crippen LogP contribution in [0.25, 0.3) is 0 Å². The van der Waals surface area contributed by atoms with Crippen LogP contribution in [-0.4, -0.2) is 17.9 Å². The fourth-order valence-electron chi connectivity index (χ4n) is 3.35. The van der Waals surface area contributed by atoms with E-state index in [-0.39, 0.29) is 11.8 Å². The zero-order valence-electron chi connectivity index (χ0n) is 15.3. The van der Waals surface area contributed by atoms with Gasteiger partial charge in [0.05, 0.1) is 0 Å². The Morgan fingerprint density at radius 3 is 2.00 bits per heavy atom. The van der Waals surface area contributed by atoms with E-state index in [1.807, 2.05) is 36.4 Å². The van der Waals surface area contributed by atoms with E-state index in [4.69, 9.17) is 0 Å². The highest BCUT2D eigenvalue weighted by atomic mass is 79.9. The van der Waals surface area contributed by atoms with Crippen LogP contribution in [0.2, 0.25) is 0 Å². The molecule has 1 saturated carbocycles. The fraction of sp³-hybridized carbons (Fsp3) is 0.364. The monoisotopic (exact) mass is 428 g/mol. The number of hydrogen-bond donors (Lipinski definition) is 2. The molecule has 1 fully saturated rings. The molecule has 4 nitrogen and oxygen atoms in total. The Labute approximate surface area is 168 Å². The summed E-state index contributed by atoms with van der Waals surface area (Å²) in [6.45, 7) is 0.430. The van der Waals surface area contributed by atoms with E-state index in [2.05, 4.69) is 26.6 Å². The van der Waals surface area contributed by atoms with Crippen molar-refractivity contribution in [3.63, 3.8) is 0 Å². The standard InChI is InChI=1S/C22H25BrN2O2/c23-19-13-11-17(12-14-19)21(26)24-15-16-7-9-18(10-8-16)22(27)25-20-5-3-1-2-4-6-20/h7-14,20H,1-6,15H2,(H,24,26)(H,25,27). The van der Waals surface area contributed by atoms with Crippen molar-refractivity contribution in [3.8, 4) is 0 Å². The maximum Gasteiger partial charge on any atom is 0.251 e. The number of hydrogen-bond acceptors (Lipinski definition) is 2. The number of amides is 2. The van der Waals surface area contributed by atoms with E-state index >= 15 is 0 Å². The lowest BCUT2D eigenvalue weighted by Gasteiger charge is -2.16. The van der Waals surface area contributed by atoms with Gasteiger partial charge < -0.3 is 10.6 Å². The Hall–Kier alpha value is -2.14. The third-order valence-corrected chi connectivity index (χ3v) is 5.49. The Morgan fingerprint density at radius 1 is 0.815 bits per heavy atom. The molecule has 2 amide bonds. The van der Waals surface area contributed by atoms with Gasteiger partial charge >= 0.3 is 0 Å². The molecular formula is C22H25BrN2O2. The van der Waals surface area contributed by atoms with E-state index in [0.29, 0.717) is 23.7 Å². The minimum absolute atomic E-state index is 0.00709. The van der Waals surface area contributed by atoms with Gasteiger partial charge in [-0.05, 0) is 54.8 Å². The number of rotatable bonds is 5. The summed E-state index contributed by atoms with van der Waals surface area (Å²) in [6, 6.07) is 15.0. The molecule has 2 N–H and O–H groups in total. The summed E-state index contributed by atoms with van der Waals surface area (Å²) < 4.78 is 0.941. The summed E-state index contributed by atoms with van der Waals surface area (Å²) in [5, 5.41) is 6.06.